The summed E-state index contributed by atoms with van der Waals surface area (Å²) in [6.45, 7) is 0.268. The number of aromatic nitrogens is 3. The van der Waals surface area contributed by atoms with Gasteiger partial charge in [-0.2, -0.15) is 4.98 Å². The Morgan fingerprint density at radius 2 is 1.96 bits per heavy atom. The number of thiazole rings is 1. The van der Waals surface area contributed by atoms with Gasteiger partial charge in [0.15, 0.2) is 17.3 Å². The largest absolute Gasteiger partial charge is 0.454 e. The van der Waals surface area contributed by atoms with Crippen LogP contribution in [0.3, 0.4) is 0 Å². The summed E-state index contributed by atoms with van der Waals surface area (Å²) < 4.78 is 16.2. The summed E-state index contributed by atoms with van der Waals surface area (Å²) in [7, 11) is 0. The van der Waals surface area contributed by atoms with E-state index in [1.807, 2.05) is 23.6 Å². The van der Waals surface area contributed by atoms with Crippen molar-refractivity contribution in [1.82, 2.24) is 15.1 Å². The van der Waals surface area contributed by atoms with E-state index in [1.165, 1.54) is 0 Å². The monoisotopic (exact) mass is 370 g/mol. The lowest BCUT2D eigenvalue weighted by molar-refractivity contribution is 0.174. The van der Waals surface area contributed by atoms with Gasteiger partial charge >= 0.3 is 0 Å². The second kappa shape index (κ2) is 6.07. The second-order valence-electron chi connectivity index (χ2n) is 6.76. The van der Waals surface area contributed by atoms with Gasteiger partial charge in [0.25, 0.3) is 0 Å². The third-order valence-electron chi connectivity index (χ3n) is 4.91. The minimum Gasteiger partial charge on any atom is -0.454 e. The van der Waals surface area contributed by atoms with Crippen LogP contribution in [0, 0.1) is 0 Å². The first-order valence-corrected chi connectivity index (χ1v) is 9.54. The van der Waals surface area contributed by atoms with E-state index in [9.17, 15) is 0 Å². The Morgan fingerprint density at radius 1 is 1.12 bits per heavy atom. The summed E-state index contributed by atoms with van der Waals surface area (Å²) >= 11 is 1.58. The molecule has 2 aliphatic rings. The van der Waals surface area contributed by atoms with Crippen LogP contribution in [-0.2, 0) is 12.0 Å². The van der Waals surface area contributed by atoms with E-state index >= 15 is 0 Å². The van der Waals surface area contributed by atoms with Crippen molar-refractivity contribution in [1.29, 1.82) is 0 Å². The normalized spacial score (nSPS) is 17.7. The van der Waals surface area contributed by atoms with Crippen molar-refractivity contribution in [2.24, 2.45) is 5.73 Å². The standard InChI is InChI=1S/C18H18N4O3S/c19-18(5-1-2-6-18)17-21-15(25-22-17)8-12-9-26-16(20-12)11-3-4-13-14(7-11)24-10-23-13/h3-4,7,9H,1-2,5-6,8,10,19H2. The Balaban J connectivity index is 1.34. The lowest BCUT2D eigenvalue weighted by Gasteiger charge is -2.17. The van der Waals surface area contributed by atoms with E-state index in [2.05, 4.69) is 15.1 Å². The van der Waals surface area contributed by atoms with Crippen LogP contribution in [0.2, 0.25) is 0 Å². The van der Waals surface area contributed by atoms with Crippen LogP contribution in [0.1, 0.15) is 43.1 Å². The van der Waals surface area contributed by atoms with Gasteiger partial charge in [0, 0.05) is 10.9 Å². The first-order valence-electron chi connectivity index (χ1n) is 8.66. The molecule has 0 radical (unpaired) electrons. The third-order valence-corrected chi connectivity index (χ3v) is 5.85. The first-order chi connectivity index (χ1) is 12.7. The fraction of sp³-hybridized carbons (Fsp3) is 0.389. The summed E-state index contributed by atoms with van der Waals surface area (Å²) in [4.78, 5) is 9.20. The van der Waals surface area contributed by atoms with Gasteiger partial charge in [-0.15, -0.1) is 11.3 Å². The smallest absolute Gasteiger partial charge is 0.232 e. The van der Waals surface area contributed by atoms with Gasteiger partial charge in [-0.25, -0.2) is 4.98 Å². The molecule has 0 saturated heterocycles. The average Bonchev–Trinajstić information content (AvgIpc) is 3.42. The lowest BCUT2D eigenvalue weighted by Crippen LogP contribution is -2.34. The second-order valence-corrected chi connectivity index (χ2v) is 7.62. The highest BCUT2D eigenvalue weighted by Gasteiger charge is 2.36. The Labute approximate surface area is 154 Å². The molecule has 26 heavy (non-hydrogen) atoms. The highest BCUT2D eigenvalue weighted by molar-refractivity contribution is 7.13. The van der Waals surface area contributed by atoms with Gasteiger partial charge in [0.05, 0.1) is 17.7 Å². The molecular weight excluding hydrogens is 352 g/mol. The van der Waals surface area contributed by atoms with Gasteiger partial charge in [-0.05, 0) is 31.0 Å². The Hall–Kier alpha value is -2.45. The lowest BCUT2D eigenvalue weighted by atomic mass is 9.99. The van der Waals surface area contributed by atoms with E-state index in [1.54, 1.807) is 11.3 Å². The van der Waals surface area contributed by atoms with E-state index in [0.717, 1.165) is 53.4 Å². The van der Waals surface area contributed by atoms with Crippen molar-refractivity contribution in [3.05, 3.63) is 41.0 Å². The van der Waals surface area contributed by atoms with Crippen molar-refractivity contribution in [2.45, 2.75) is 37.6 Å². The number of benzene rings is 1. The minimum absolute atomic E-state index is 0.268. The van der Waals surface area contributed by atoms with Crippen LogP contribution in [0.15, 0.2) is 28.1 Å². The van der Waals surface area contributed by atoms with Crippen LogP contribution in [0.4, 0.5) is 0 Å². The molecule has 0 amide bonds. The van der Waals surface area contributed by atoms with Crippen LogP contribution in [0.25, 0.3) is 10.6 Å². The molecule has 3 aromatic rings. The predicted octanol–water partition coefficient (Wildman–Crippen LogP) is 3.24. The molecule has 1 fully saturated rings. The maximum absolute atomic E-state index is 6.39. The summed E-state index contributed by atoms with van der Waals surface area (Å²) in [5.41, 5.74) is 7.86. The molecular formula is C18H18N4O3S. The predicted molar refractivity (Wildman–Crippen MR) is 95.1 cm³/mol. The number of hydrogen-bond donors (Lipinski definition) is 1. The Kier molecular flexibility index (Phi) is 3.68. The van der Waals surface area contributed by atoms with Crippen molar-refractivity contribution in [2.75, 3.05) is 6.79 Å². The summed E-state index contributed by atoms with van der Waals surface area (Å²) in [5.74, 6) is 2.70. The fourth-order valence-electron chi connectivity index (χ4n) is 3.46. The zero-order chi connectivity index (χ0) is 17.6. The topological polar surface area (TPSA) is 96.3 Å². The Bertz CT molecular complexity index is 946. The Morgan fingerprint density at radius 3 is 2.85 bits per heavy atom. The molecule has 0 spiro atoms. The van der Waals surface area contributed by atoms with Crippen molar-refractivity contribution in [3.8, 4) is 22.1 Å². The van der Waals surface area contributed by atoms with Crippen molar-refractivity contribution in [3.63, 3.8) is 0 Å². The number of ether oxygens (including phenoxy) is 2. The third kappa shape index (κ3) is 2.75. The number of rotatable bonds is 4. The van der Waals surface area contributed by atoms with Gasteiger partial charge in [0.2, 0.25) is 12.7 Å². The number of nitrogens with two attached hydrogens (primary N) is 1. The van der Waals surface area contributed by atoms with Crippen LogP contribution >= 0.6 is 11.3 Å². The fourth-order valence-corrected chi connectivity index (χ4v) is 4.28. The average molecular weight is 370 g/mol. The number of fused-ring (bicyclic) bond motifs is 1. The maximum Gasteiger partial charge on any atom is 0.232 e. The molecule has 1 aromatic carbocycles. The molecule has 0 bridgehead atoms. The van der Waals surface area contributed by atoms with Crippen molar-refractivity contribution < 1.29 is 14.0 Å². The van der Waals surface area contributed by atoms with Crippen molar-refractivity contribution >= 4 is 11.3 Å². The number of hydrogen-bond acceptors (Lipinski definition) is 8. The zero-order valence-corrected chi connectivity index (χ0v) is 14.9. The van der Waals surface area contributed by atoms with E-state index in [4.69, 9.17) is 19.7 Å². The molecule has 5 rings (SSSR count). The van der Waals surface area contributed by atoms with Crippen LogP contribution in [0.5, 0.6) is 11.5 Å². The minimum atomic E-state index is -0.429. The highest BCUT2D eigenvalue weighted by atomic mass is 32.1. The van der Waals surface area contributed by atoms with E-state index < -0.39 is 5.54 Å². The van der Waals surface area contributed by atoms with Gasteiger partial charge < -0.3 is 19.7 Å². The molecule has 2 aromatic heterocycles. The van der Waals surface area contributed by atoms with Crippen LogP contribution in [-0.4, -0.2) is 21.9 Å². The molecule has 3 heterocycles. The molecule has 0 unspecified atom stereocenters. The molecule has 0 atom stereocenters. The van der Waals surface area contributed by atoms with E-state index in [-0.39, 0.29) is 6.79 Å². The highest BCUT2D eigenvalue weighted by Crippen LogP contribution is 2.37. The summed E-state index contributed by atoms with van der Waals surface area (Å²) in [6, 6.07) is 5.85. The van der Waals surface area contributed by atoms with E-state index in [0.29, 0.717) is 18.1 Å². The summed E-state index contributed by atoms with van der Waals surface area (Å²) in [5, 5.41) is 7.04. The SMILES string of the molecule is NC1(c2noc(Cc3csc(-c4ccc5c(c4)OCO5)n3)n2)CCCC1. The van der Waals surface area contributed by atoms with Gasteiger partial charge in [-0.3, -0.25) is 0 Å². The maximum atomic E-state index is 6.39. The quantitative estimate of drug-likeness (QED) is 0.753. The summed E-state index contributed by atoms with van der Waals surface area (Å²) in [6.07, 6.45) is 4.56. The molecule has 7 nitrogen and oxygen atoms in total. The zero-order valence-electron chi connectivity index (χ0n) is 14.1. The molecule has 1 aliphatic heterocycles. The van der Waals surface area contributed by atoms with Gasteiger partial charge in [-0.1, -0.05) is 18.0 Å². The number of nitrogens with zero attached hydrogens (tertiary/aromatic N) is 3. The molecule has 1 saturated carbocycles. The first kappa shape index (κ1) is 15.8. The molecule has 2 N–H and O–H groups in total. The molecule has 134 valence electrons. The van der Waals surface area contributed by atoms with Crippen LogP contribution < -0.4 is 15.2 Å². The van der Waals surface area contributed by atoms with Gasteiger partial charge in [0.1, 0.15) is 5.01 Å². The molecule has 8 heteroatoms. The molecule has 1 aliphatic carbocycles.